The number of rotatable bonds is 12. The van der Waals surface area contributed by atoms with Crippen LogP contribution in [-0.2, 0) is 26.2 Å². The molecule has 2 amide bonds. The van der Waals surface area contributed by atoms with Gasteiger partial charge in [0.15, 0.2) is 0 Å². The van der Waals surface area contributed by atoms with Crippen LogP contribution in [0.2, 0.25) is 0 Å². The molecule has 2 unspecified atom stereocenters. The van der Waals surface area contributed by atoms with Crippen LogP contribution >= 0.6 is 0 Å². The monoisotopic (exact) mass is 571 g/mol. The van der Waals surface area contributed by atoms with Crippen molar-refractivity contribution in [2.75, 3.05) is 10.8 Å². The molecule has 40 heavy (non-hydrogen) atoms. The zero-order valence-corrected chi connectivity index (χ0v) is 23.9. The van der Waals surface area contributed by atoms with Gasteiger partial charge in [-0.15, -0.1) is 0 Å². The van der Waals surface area contributed by atoms with E-state index in [1.807, 2.05) is 20.8 Å². The number of hydrogen-bond donors (Lipinski definition) is 1. The van der Waals surface area contributed by atoms with Crippen molar-refractivity contribution in [1.82, 2.24) is 10.2 Å². The van der Waals surface area contributed by atoms with E-state index in [4.69, 9.17) is 0 Å². The van der Waals surface area contributed by atoms with Crippen molar-refractivity contribution in [3.8, 4) is 0 Å². The third-order valence-electron chi connectivity index (χ3n) is 6.66. The van der Waals surface area contributed by atoms with Crippen molar-refractivity contribution in [3.63, 3.8) is 0 Å². The summed E-state index contributed by atoms with van der Waals surface area (Å²) in [5.41, 5.74) is 1.70. The molecule has 0 fully saturated rings. The highest BCUT2D eigenvalue weighted by molar-refractivity contribution is 7.92. The number of sulfonamides is 1. The molecule has 0 heterocycles. The second-order valence-electron chi connectivity index (χ2n) is 9.69. The van der Waals surface area contributed by atoms with Crippen LogP contribution in [0.1, 0.15) is 44.7 Å². The van der Waals surface area contributed by atoms with E-state index in [1.54, 1.807) is 31.2 Å². The van der Waals surface area contributed by atoms with E-state index in [2.05, 4.69) is 5.32 Å². The zero-order chi connectivity index (χ0) is 29.4. The molecule has 7 nitrogen and oxygen atoms in total. The highest BCUT2D eigenvalue weighted by atomic mass is 32.2. The summed E-state index contributed by atoms with van der Waals surface area (Å²) in [5, 5.41) is 2.90. The van der Waals surface area contributed by atoms with Crippen LogP contribution in [0.15, 0.2) is 77.7 Å². The van der Waals surface area contributed by atoms with Crippen LogP contribution in [0, 0.1) is 18.6 Å². The second-order valence-corrected chi connectivity index (χ2v) is 11.6. The highest BCUT2D eigenvalue weighted by Crippen LogP contribution is 2.25. The number of amides is 2. The van der Waals surface area contributed by atoms with Gasteiger partial charge in [-0.3, -0.25) is 13.9 Å². The average molecular weight is 572 g/mol. The number of hydrogen-bond acceptors (Lipinski definition) is 4. The lowest BCUT2D eigenvalue weighted by atomic mass is 10.1. The third-order valence-corrected chi connectivity index (χ3v) is 8.44. The molecule has 0 aromatic heterocycles. The Hall–Kier alpha value is -3.79. The fourth-order valence-corrected chi connectivity index (χ4v) is 5.53. The summed E-state index contributed by atoms with van der Waals surface area (Å²) < 4.78 is 55.6. The molecule has 0 aliphatic heterocycles. The molecule has 0 saturated heterocycles. The molecule has 0 radical (unpaired) electrons. The van der Waals surface area contributed by atoms with Crippen molar-refractivity contribution in [3.05, 3.63) is 95.6 Å². The molecule has 0 aliphatic carbocycles. The SMILES string of the molecule is CCC(C)NC(=O)C(CC)N(Cc1ccc(F)cc1)C(=O)CN(c1ccc(C)cc1)S(=O)(=O)c1ccc(F)cc1. The molecule has 0 aliphatic rings. The normalized spacial score (nSPS) is 12.8. The number of aryl methyl sites for hydroxylation is 1. The number of halogens is 2. The summed E-state index contributed by atoms with van der Waals surface area (Å²) in [6.07, 6.45) is 0.954. The first-order chi connectivity index (χ1) is 19.0. The molecule has 0 spiro atoms. The van der Waals surface area contributed by atoms with Gasteiger partial charge >= 0.3 is 0 Å². The Kier molecular flexibility index (Phi) is 10.4. The second kappa shape index (κ2) is 13.5. The molecule has 2 atom stereocenters. The van der Waals surface area contributed by atoms with E-state index < -0.39 is 40.2 Å². The Morgan fingerprint density at radius 2 is 1.40 bits per heavy atom. The van der Waals surface area contributed by atoms with Gasteiger partial charge in [0.05, 0.1) is 10.6 Å². The van der Waals surface area contributed by atoms with Gasteiger partial charge in [-0.1, -0.05) is 43.7 Å². The Balaban J connectivity index is 2.04. The zero-order valence-electron chi connectivity index (χ0n) is 23.1. The van der Waals surface area contributed by atoms with Gasteiger partial charge in [0, 0.05) is 12.6 Å². The van der Waals surface area contributed by atoms with Gasteiger partial charge in [-0.2, -0.15) is 0 Å². The summed E-state index contributed by atoms with van der Waals surface area (Å²) in [4.78, 5) is 28.3. The van der Waals surface area contributed by atoms with E-state index in [1.165, 1.54) is 29.2 Å². The Morgan fingerprint density at radius 3 is 1.93 bits per heavy atom. The fourth-order valence-electron chi connectivity index (χ4n) is 4.12. The van der Waals surface area contributed by atoms with Crippen LogP contribution in [-0.4, -0.2) is 43.8 Å². The van der Waals surface area contributed by atoms with E-state index in [0.717, 1.165) is 34.1 Å². The number of nitrogens with zero attached hydrogens (tertiary/aromatic N) is 2. The van der Waals surface area contributed by atoms with Crippen molar-refractivity contribution in [2.24, 2.45) is 0 Å². The summed E-state index contributed by atoms with van der Waals surface area (Å²) in [6, 6.07) is 15.5. The predicted octanol–water partition coefficient (Wildman–Crippen LogP) is 5.19. The van der Waals surface area contributed by atoms with Crippen molar-refractivity contribution in [2.45, 2.75) is 64.1 Å². The predicted molar refractivity (Wildman–Crippen MR) is 151 cm³/mol. The highest BCUT2D eigenvalue weighted by Gasteiger charge is 2.34. The molecule has 3 aromatic rings. The molecule has 0 bridgehead atoms. The van der Waals surface area contributed by atoms with Gasteiger partial charge in [-0.05, 0) is 80.8 Å². The molecule has 3 aromatic carbocycles. The van der Waals surface area contributed by atoms with Crippen LogP contribution in [0.5, 0.6) is 0 Å². The largest absolute Gasteiger partial charge is 0.352 e. The van der Waals surface area contributed by atoms with E-state index in [9.17, 15) is 26.8 Å². The smallest absolute Gasteiger partial charge is 0.264 e. The van der Waals surface area contributed by atoms with Crippen LogP contribution < -0.4 is 9.62 Å². The van der Waals surface area contributed by atoms with Gasteiger partial charge in [0.25, 0.3) is 10.0 Å². The number of benzene rings is 3. The standard InChI is InChI=1S/C30H35F2N3O4S/c1-5-22(4)33-30(37)28(6-2)34(19-23-9-11-24(31)12-10-23)29(36)20-35(26-15-7-21(3)8-16-26)40(38,39)27-17-13-25(32)14-18-27/h7-18,22,28H,5-6,19-20H2,1-4H3,(H,33,37). The number of anilines is 1. The first kappa shape index (κ1) is 30.7. The maximum atomic E-state index is 14.0. The third kappa shape index (κ3) is 7.65. The first-order valence-electron chi connectivity index (χ1n) is 13.2. The van der Waals surface area contributed by atoms with Crippen molar-refractivity contribution >= 4 is 27.5 Å². The summed E-state index contributed by atoms with van der Waals surface area (Å²) in [7, 11) is -4.30. The van der Waals surface area contributed by atoms with E-state index in [0.29, 0.717) is 12.0 Å². The number of carbonyl (C=O) groups excluding carboxylic acids is 2. The van der Waals surface area contributed by atoms with Gasteiger partial charge in [0.2, 0.25) is 11.8 Å². The lowest BCUT2D eigenvalue weighted by molar-refractivity contribution is -0.140. The Morgan fingerprint density at radius 1 is 0.850 bits per heavy atom. The maximum Gasteiger partial charge on any atom is 0.264 e. The Bertz CT molecular complexity index is 1400. The average Bonchev–Trinajstić information content (AvgIpc) is 2.93. The fraction of sp³-hybridized carbons (Fsp3) is 0.333. The lowest BCUT2D eigenvalue weighted by Gasteiger charge is -2.33. The van der Waals surface area contributed by atoms with Gasteiger partial charge in [0.1, 0.15) is 24.2 Å². The number of nitrogens with one attached hydrogen (secondary N) is 1. The molecule has 0 saturated carbocycles. The summed E-state index contributed by atoms with van der Waals surface area (Å²) in [5.74, 6) is -2.03. The molecular formula is C30H35F2N3O4S. The summed E-state index contributed by atoms with van der Waals surface area (Å²) >= 11 is 0. The minimum atomic E-state index is -4.30. The molecule has 1 N–H and O–H groups in total. The quantitative estimate of drug-likeness (QED) is 0.324. The topological polar surface area (TPSA) is 86.8 Å². The van der Waals surface area contributed by atoms with E-state index >= 15 is 0 Å². The minimum absolute atomic E-state index is 0.0378. The molecule has 3 rings (SSSR count). The lowest BCUT2D eigenvalue weighted by Crippen LogP contribution is -2.53. The van der Waals surface area contributed by atoms with Gasteiger partial charge in [-0.25, -0.2) is 17.2 Å². The van der Waals surface area contributed by atoms with E-state index in [-0.39, 0.29) is 35.5 Å². The molecule has 10 heteroatoms. The van der Waals surface area contributed by atoms with Crippen molar-refractivity contribution < 1.29 is 26.8 Å². The van der Waals surface area contributed by atoms with Crippen molar-refractivity contribution in [1.29, 1.82) is 0 Å². The first-order valence-corrected chi connectivity index (χ1v) is 14.6. The Labute approximate surface area is 234 Å². The molecular weight excluding hydrogens is 536 g/mol. The minimum Gasteiger partial charge on any atom is -0.352 e. The number of carbonyl (C=O) groups is 2. The van der Waals surface area contributed by atoms with Crippen LogP contribution in [0.4, 0.5) is 14.5 Å². The van der Waals surface area contributed by atoms with Crippen LogP contribution in [0.25, 0.3) is 0 Å². The van der Waals surface area contributed by atoms with Gasteiger partial charge < -0.3 is 10.2 Å². The summed E-state index contributed by atoms with van der Waals surface area (Å²) in [6.45, 7) is 6.73. The molecule has 214 valence electrons. The van der Waals surface area contributed by atoms with Crippen LogP contribution in [0.3, 0.4) is 0 Å². The maximum absolute atomic E-state index is 14.0.